The lowest BCUT2D eigenvalue weighted by Gasteiger charge is -2.09. The fourth-order valence-electron chi connectivity index (χ4n) is 1.60. The second kappa shape index (κ2) is 5.19. The van der Waals surface area contributed by atoms with Gasteiger partial charge in [0, 0.05) is 5.69 Å². The summed E-state index contributed by atoms with van der Waals surface area (Å²) in [6, 6.07) is 11.1. The van der Waals surface area contributed by atoms with Crippen LogP contribution >= 0.6 is 0 Å². The minimum atomic E-state index is -4.08. The average molecular weight is 291 g/mol. The van der Waals surface area contributed by atoms with Crippen molar-refractivity contribution in [2.75, 3.05) is 10.5 Å². The van der Waals surface area contributed by atoms with Crippen LogP contribution in [-0.4, -0.2) is 8.42 Å². The summed E-state index contributed by atoms with van der Waals surface area (Å²) in [6.07, 6.45) is 0. The fourth-order valence-corrected chi connectivity index (χ4v) is 2.71. The van der Waals surface area contributed by atoms with Crippen LogP contribution in [0.5, 0.6) is 0 Å². The van der Waals surface area contributed by atoms with E-state index in [4.69, 9.17) is 11.0 Å². The van der Waals surface area contributed by atoms with Gasteiger partial charge in [0.25, 0.3) is 10.0 Å². The van der Waals surface area contributed by atoms with Crippen LogP contribution in [0.15, 0.2) is 47.4 Å². The minimum absolute atomic E-state index is 0.132. The number of hydrogen-bond donors (Lipinski definition) is 2. The number of halogens is 1. The summed E-state index contributed by atoms with van der Waals surface area (Å²) >= 11 is 0. The Balaban J connectivity index is 2.38. The summed E-state index contributed by atoms with van der Waals surface area (Å²) in [7, 11) is -4.08. The Bertz CT molecular complexity index is 798. The Hall–Kier alpha value is -2.59. The molecule has 20 heavy (non-hydrogen) atoms. The Morgan fingerprint density at radius 2 is 1.95 bits per heavy atom. The summed E-state index contributed by atoms with van der Waals surface area (Å²) in [5.41, 5.74) is 5.98. The van der Waals surface area contributed by atoms with Crippen LogP contribution in [-0.2, 0) is 10.0 Å². The van der Waals surface area contributed by atoms with Crippen molar-refractivity contribution in [1.82, 2.24) is 0 Å². The number of benzene rings is 2. The summed E-state index contributed by atoms with van der Waals surface area (Å²) in [5, 5.41) is 8.75. The second-order valence-electron chi connectivity index (χ2n) is 3.99. The first kappa shape index (κ1) is 13.8. The van der Waals surface area contributed by atoms with E-state index in [1.807, 2.05) is 6.07 Å². The van der Waals surface area contributed by atoms with Gasteiger partial charge in [-0.05, 0) is 36.4 Å². The van der Waals surface area contributed by atoms with E-state index in [1.54, 1.807) is 0 Å². The molecule has 0 saturated heterocycles. The molecule has 0 atom stereocenters. The highest BCUT2D eigenvalue weighted by molar-refractivity contribution is 7.92. The van der Waals surface area contributed by atoms with Gasteiger partial charge in [-0.3, -0.25) is 4.72 Å². The first-order valence-electron chi connectivity index (χ1n) is 5.50. The van der Waals surface area contributed by atoms with E-state index in [0.29, 0.717) is 5.56 Å². The molecule has 0 aliphatic heterocycles. The second-order valence-corrected chi connectivity index (χ2v) is 5.64. The highest BCUT2D eigenvalue weighted by atomic mass is 32.2. The van der Waals surface area contributed by atoms with Gasteiger partial charge in [-0.1, -0.05) is 6.07 Å². The monoisotopic (exact) mass is 291 g/mol. The third-order valence-electron chi connectivity index (χ3n) is 2.49. The minimum Gasteiger partial charge on any atom is -0.399 e. The molecule has 102 valence electrons. The number of rotatable bonds is 3. The summed E-state index contributed by atoms with van der Waals surface area (Å²) in [5.74, 6) is -0.936. The van der Waals surface area contributed by atoms with Crippen molar-refractivity contribution in [2.45, 2.75) is 4.90 Å². The molecule has 0 aliphatic rings. The molecule has 0 spiro atoms. The Morgan fingerprint density at radius 1 is 1.20 bits per heavy atom. The molecule has 0 fully saturated rings. The molecule has 7 heteroatoms. The first-order valence-corrected chi connectivity index (χ1v) is 6.99. The van der Waals surface area contributed by atoms with Crippen molar-refractivity contribution in [3.8, 4) is 6.07 Å². The van der Waals surface area contributed by atoms with Gasteiger partial charge in [-0.25, -0.2) is 12.8 Å². The van der Waals surface area contributed by atoms with Crippen LogP contribution in [0.1, 0.15) is 5.56 Å². The van der Waals surface area contributed by atoms with E-state index in [0.717, 1.165) is 12.1 Å². The van der Waals surface area contributed by atoms with Gasteiger partial charge in [0.1, 0.15) is 10.7 Å². The molecule has 0 aromatic heterocycles. The zero-order valence-electron chi connectivity index (χ0n) is 10.2. The van der Waals surface area contributed by atoms with Crippen molar-refractivity contribution in [1.29, 1.82) is 5.26 Å². The highest BCUT2D eigenvalue weighted by Crippen LogP contribution is 2.21. The summed E-state index contributed by atoms with van der Waals surface area (Å²) in [4.78, 5) is -0.505. The lowest BCUT2D eigenvalue weighted by Crippen LogP contribution is -2.14. The molecule has 0 radical (unpaired) electrons. The molecule has 3 N–H and O–H groups in total. The van der Waals surface area contributed by atoms with Gasteiger partial charge in [-0.2, -0.15) is 5.26 Å². The molecule has 5 nitrogen and oxygen atoms in total. The first-order chi connectivity index (χ1) is 9.42. The molecular weight excluding hydrogens is 281 g/mol. The van der Waals surface area contributed by atoms with E-state index < -0.39 is 20.7 Å². The van der Waals surface area contributed by atoms with Crippen molar-refractivity contribution >= 4 is 21.4 Å². The van der Waals surface area contributed by atoms with Crippen molar-refractivity contribution in [3.63, 3.8) is 0 Å². The summed E-state index contributed by atoms with van der Waals surface area (Å²) in [6.45, 7) is 0. The van der Waals surface area contributed by atoms with E-state index in [1.165, 1.54) is 30.3 Å². The molecule has 0 aliphatic carbocycles. The summed E-state index contributed by atoms with van der Waals surface area (Å²) < 4.78 is 40.0. The number of hydrogen-bond acceptors (Lipinski definition) is 4. The van der Waals surface area contributed by atoms with E-state index >= 15 is 0 Å². The van der Waals surface area contributed by atoms with Crippen LogP contribution in [0.25, 0.3) is 0 Å². The standard InChI is InChI=1S/C13H10FN3O2S/c14-12-7-10(16)4-5-13(12)20(18,19)17-11-3-1-2-9(6-11)8-15/h1-7,17H,16H2. The molecule has 0 amide bonds. The van der Waals surface area contributed by atoms with Gasteiger partial charge < -0.3 is 5.73 Å². The number of nitriles is 1. The van der Waals surface area contributed by atoms with Gasteiger partial charge in [0.05, 0.1) is 17.3 Å². The zero-order chi connectivity index (χ0) is 14.8. The SMILES string of the molecule is N#Cc1cccc(NS(=O)(=O)c2ccc(N)cc2F)c1. The van der Waals surface area contributed by atoms with E-state index in [9.17, 15) is 12.8 Å². The number of sulfonamides is 1. The molecule has 2 aromatic carbocycles. The number of nitrogen functional groups attached to an aromatic ring is 1. The number of nitrogens with one attached hydrogen (secondary N) is 1. The predicted molar refractivity (Wildman–Crippen MR) is 72.8 cm³/mol. The van der Waals surface area contributed by atoms with Gasteiger partial charge in [-0.15, -0.1) is 0 Å². The quantitative estimate of drug-likeness (QED) is 0.846. The number of anilines is 2. The molecule has 0 bridgehead atoms. The topological polar surface area (TPSA) is 96.0 Å². The Labute approximate surface area is 115 Å². The number of nitrogens with two attached hydrogens (primary N) is 1. The van der Waals surface area contributed by atoms with Gasteiger partial charge >= 0.3 is 0 Å². The van der Waals surface area contributed by atoms with Crippen LogP contribution in [0.2, 0.25) is 0 Å². The highest BCUT2D eigenvalue weighted by Gasteiger charge is 2.19. The van der Waals surface area contributed by atoms with Crippen LogP contribution in [0.3, 0.4) is 0 Å². The molecule has 0 unspecified atom stereocenters. The lowest BCUT2D eigenvalue weighted by molar-refractivity contribution is 0.571. The largest absolute Gasteiger partial charge is 0.399 e. The van der Waals surface area contributed by atoms with Crippen LogP contribution < -0.4 is 10.5 Å². The molecule has 0 saturated carbocycles. The molecule has 2 rings (SSSR count). The average Bonchev–Trinajstić information content (AvgIpc) is 2.37. The normalized spacial score (nSPS) is 10.8. The molecular formula is C13H10FN3O2S. The predicted octanol–water partition coefficient (Wildman–Crippen LogP) is 2.08. The fraction of sp³-hybridized carbons (Fsp3) is 0. The van der Waals surface area contributed by atoms with Gasteiger partial charge in [0.2, 0.25) is 0 Å². The van der Waals surface area contributed by atoms with E-state index in [-0.39, 0.29) is 11.4 Å². The van der Waals surface area contributed by atoms with E-state index in [2.05, 4.69) is 4.72 Å². The zero-order valence-corrected chi connectivity index (χ0v) is 11.0. The van der Waals surface area contributed by atoms with Crippen molar-refractivity contribution in [3.05, 3.63) is 53.8 Å². The Morgan fingerprint density at radius 3 is 2.60 bits per heavy atom. The lowest BCUT2D eigenvalue weighted by atomic mass is 10.2. The maximum Gasteiger partial charge on any atom is 0.264 e. The maximum absolute atomic E-state index is 13.6. The smallest absolute Gasteiger partial charge is 0.264 e. The van der Waals surface area contributed by atoms with Crippen molar-refractivity contribution in [2.24, 2.45) is 0 Å². The van der Waals surface area contributed by atoms with Crippen LogP contribution in [0, 0.1) is 17.1 Å². The Kier molecular flexibility index (Phi) is 3.59. The third kappa shape index (κ3) is 2.87. The molecule has 2 aromatic rings. The van der Waals surface area contributed by atoms with Crippen molar-refractivity contribution < 1.29 is 12.8 Å². The van der Waals surface area contributed by atoms with Gasteiger partial charge in [0.15, 0.2) is 0 Å². The number of nitrogens with zero attached hydrogens (tertiary/aromatic N) is 1. The maximum atomic E-state index is 13.6. The van der Waals surface area contributed by atoms with Crippen LogP contribution in [0.4, 0.5) is 15.8 Å². The molecule has 0 heterocycles. The third-order valence-corrected chi connectivity index (χ3v) is 3.90.